The molecular formula is C22H32O9. The lowest BCUT2D eigenvalue weighted by Gasteiger charge is -2.39. The fraction of sp³-hybridized carbons (Fsp3) is 0.636. The van der Waals surface area contributed by atoms with Gasteiger partial charge in [0.05, 0.1) is 5.41 Å². The van der Waals surface area contributed by atoms with Crippen LogP contribution in [0.5, 0.6) is 5.75 Å². The maximum atomic E-state index is 12.0. The van der Waals surface area contributed by atoms with E-state index in [1.54, 1.807) is 32.9 Å². The fourth-order valence-corrected chi connectivity index (χ4v) is 3.01. The van der Waals surface area contributed by atoms with E-state index in [4.69, 9.17) is 14.2 Å². The Labute approximate surface area is 181 Å². The number of aliphatic hydroxyl groups excluding tert-OH is 3. The van der Waals surface area contributed by atoms with Crippen molar-refractivity contribution in [3.63, 3.8) is 0 Å². The first-order valence-electron chi connectivity index (χ1n) is 10.2. The van der Waals surface area contributed by atoms with Gasteiger partial charge in [0, 0.05) is 0 Å². The standard InChI is InChI=1S/C22H32O9/c1-12(2)8-14-9-13(10-28-21(27)22(3,4)5)6-7-15(14)30-20-18(26)16(24)17(25)19(31-20)29-11-23/h6-7,9,11-12,16-20,24-26H,8,10H2,1-5H3/t16-,17-,18+,19-,20+/m0/s1. The van der Waals surface area contributed by atoms with E-state index >= 15 is 0 Å². The van der Waals surface area contributed by atoms with Gasteiger partial charge in [-0.05, 0) is 56.4 Å². The molecule has 1 aliphatic rings. The van der Waals surface area contributed by atoms with Gasteiger partial charge in [0.25, 0.3) is 6.47 Å². The predicted molar refractivity (Wildman–Crippen MR) is 109 cm³/mol. The maximum absolute atomic E-state index is 12.0. The second-order valence-corrected chi connectivity index (χ2v) is 9.06. The molecule has 1 fully saturated rings. The highest BCUT2D eigenvalue weighted by atomic mass is 16.8. The van der Waals surface area contributed by atoms with Crippen molar-refractivity contribution >= 4 is 12.4 Å². The molecule has 0 amide bonds. The van der Waals surface area contributed by atoms with Gasteiger partial charge in [-0.1, -0.05) is 19.9 Å². The van der Waals surface area contributed by atoms with Crippen LogP contribution in [0.2, 0.25) is 0 Å². The molecule has 9 heteroatoms. The summed E-state index contributed by atoms with van der Waals surface area (Å²) in [5.74, 6) is 0.341. The van der Waals surface area contributed by atoms with Crippen LogP contribution in [0.3, 0.4) is 0 Å². The van der Waals surface area contributed by atoms with Gasteiger partial charge in [0.2, 0.25) is 12.6 Å². The zero-order chi connectivity index (χ0) is 23.3. The molecule has 174 valence electrons. The van der Waals surface area contributed by atoms with Crippen LogP contribution in [0.1, 0.15) is 45.7 Å². The molecule has 9 nitrogen and oxygen atoms in total. The van der Waals surface area contributed by atoms with Gasteiger partial charge in [-0.25, -0.2) is 0 Å². The quantitative estimate of drug-likeness (QED) is 0.404. The number of carbonyl (C=O) groups is 2. The summed E-state index contributed by atoms with van der Waals surface area (Å²) in [7, 11) is 0. The average molecular weight is 440 g/mol. The van der Waals surface area contributed by atoms with Crippen molar-refractivity contribution in [2.45, 2.75) is 78.5 Å². The Bertz CT molecular complexity index is 756. The highest BCUT2D eigenvalue weighted by Gasteiger charge is 2.46. The first-order chi connectivity index (χ1) is 14.4. The summed E-state index contributed by atoms with van der Waals surface area (Å²) in [6.07, 6.45) is -7.05. The molecule has 0 aromatic heterocycles. The third-order valence-corrected chi connectivity index (χ3v) is 4.69. The van der Waals surface area contributed by atoms with Crippen molar-refractivity contribution in [1.29, 1.82) is 0 Å². The minimum atomic E-state index is -1.63. The Morgan fingerprint density at radius 3 is 2.35 bits per heavy atom. The van der Waals surface area contributed by atoms with Crippen molar-refractivity contribution in [3.05, 3.63) is 29.3 Å². The molecule has 0 radical (unpaired) electrons. The van der Waals surface area contributed by atoms with Crippen LogP contribution in [-0.2, 0) is 36.8 Å². The van der Waals surface area contributed by atoms with Crippen molar-refractivity contribution in [2.24, 2.45) is 11.3 Å². The van der Waals surface area contributed by atoms with E-state index in [0.29, 0.717) is 12.2 Å². The summed E-state index contributed by atoms with van der Waals surface area (Å²) in [5.41, 5.74) is 0.941. The SMILES string of the molecule is CC(C)Cc1cc(COC(=O)C(C)(C)C)ccc1O[C@@H]1O[C@H](OC=O)[C@@H](O)[C@H](O)[C@H]1O. The zero-order valence-electron chi connectivity index (χ0n) is 18.5. The van der Waals surface area contributed by atoms with E-state index in [-0.39, 0.29) is 25.0 Å². The third kappa shape index (κ3) is 6.64. The lowest BCUT2D eigenvalue weighted by molar-refractivity contribution is -0.321. The van der Waals surface area contributed by atoms with E-state index in [2.05, 4.69) is 4.74 Å². The number of esters is 1. The van der Waals surface area contributed by atoms with E-state index in [0.717, 1.165) is 11.1 Å². The molecular weight excluding hydrogens is 408 g/mol. The van der Waals surface area contributed by atoms with Crippen LogP contribution >= 0.6 is 0 Å². The normalized spacial score (nSPS) is 26.4. The Morgan fingerprint density at radius 2 is 1.77 bits per heavy atom. The van der Waals surface area contributed by atoms with Crippen molar-refractivity contribution < 1.29 is 43.9 Å². The van der Waals surface area contributed by atoms with E-state index in [1.165, 1.54) is 0 Å². The first-order valence-corrected chi connectivity index (χ1v) is 10.2. The van der Waals surface area contributed by atoms with Crippen LogP contribution in [0.15, 0.2) is 18.2 Å². The zero-order valence-corrected chi connectivity index (χ0v) is 18.5. The Morgan fingerprint density at radius 1 is 1.13 bits per heavy atom. The molecule has 0 aliphatic carbocycles. The summed E-state index contributed by atoms with van der Waals surface area (Å²) in [6.45, 7) is 9.56. The fourth-order valence-electron chi connectivity index (χ4n) is 3.01. The number of carbonyl (C=O) groups excluding carboxylic acids is 2. The number of ether oxygens (including phenoxy) is 4. The van der Waals surface area contributed by atoms with Crippen molar-refractivity contribution in [1.82, 2.24) is 0 Å². The largest absolute Gasteiger partial charge is 0.462 e. The molecule has 2 rings (SSSR count). The van der Waals surface area contributed by atoms with Gasteiger partial charge in [-0.15, -0.1) is 0 Å². The number of rotatable bonds is 8. The number of hydrogen-bond acceptors (Lipinski definition) is 9. The maximum Gasteiger partial charge on any atom is 0.311 e. The average Bonchev–Trinajstić information content (AvgIpc) is 2.68. The lowest BCUT2D eigenvalue weighted by Crippen LogP contribution is -2.59. The number of hydrogen-bond donors (Lipinski definition) is 3. The molecule has 0 unspecified atom stereocenters. The summed E-state index contributed by atoms with van der Waals surface area (Å²) < 4.78 is 21.1. The number of benzene rings is 1. The van der Waals surface area contributed by atoms with Crippen LogP contribution in [0.4, 0.5) is 0 Å². The van der Waals surface area contributed by atoms with Gasteiger partial charge < -0.3 is 29.5 Å². The van der Waals surface area contributed by atoms with E-state index < -0.39 is 36.3 Å². The Hall–Kier alpha value is -2.20. The summed E-state index contributed by atoms with van der Waals surface area (Å²) >= 11 is 0. The molecule has 3 N–H and O–H groups in total. The van der Waals surface area contributed by atoms with Gasteiger partial charge in [-0.2, -0.15) is 0 Å². The second kappa shape index (κ2) is 10.4. The van der Waals surface area contributed by atoms with Crippen molar-refractivity contribution in [2.75, 3.05) is 0 Å². The second-order valence-electron chi connectivity index (χ2n) is 9.06. The van der Waals surface area contributed by atoms with Crippen molar-refractivity contribution in [3.8, 4) is 5.75 Å². The van der Waals surface area contributed by atoms with Gasteiger partial charge in [-0.3, -0.25) is 14.3 Å². The van der Waals surface area contributed by atoms with E-state index in [1.807, 2.05) is 19.9 Å². The molecule has 1 aliphatic heterocycles. The smallest absolute Gasteiger partial charge is 0.311 e. The lowest BCUT2D eigenvalue weighted by atomic mass is 9.97. The van der Waals surface area contributed by atoms with Crippen LogP contribution in [0, 0.1) is 11.3 Å². The molecule has 1 saturated heterocycles. The highest BCUT2D eigenvalue weighted by molar-refractivity contribution is 5.75. The molecule has 0 saturated carbocycles. The molecule has 0 spiro atoms. The third-order valence-electron chi connectivity index (χ3n) is 4.69. The summed E-state index contributed by atoms with van der Waals surface area (Å²) in [4.78, 5) is 22.7. The molecule has 1 heterocycles. The topological polar surface area (TPSA) is 132 Å². The summed E-state index contributed by atoms with van der Waals surface area (Å²) in [5, 5.41) is 30.2. The molecule has 1 aromatic rings. The van der Waals surface area contributed by atoms with Crippen LogP contribution < -0.4 is 4.74 Å². The molecule has 0 bridgehead atoms. The highest BCUT2D eigenvalue weighted by Crippen LogP contribution is 2.29. The van der Waals surface area contributed by atoms with Crippen LogP contribution in [0.25, 0.3) is 0 Å². The minimum absolute atomic E-state index is 0.0766. The Balaban J connectivity index is 2.20. The van der Waals surface area contributed by atoms with E-state index in [9.17, 15) is 24.9 Å². The predicted octanol–water partition coefficient (Wildman–Crippen LogP) is 1.29. The van der Waals surface area contributed by atoms with Gasteiger partial charge in [0.15, 0.2) is 0 Å². The molecule has 5 atom stereocenters. The monoisotopic (exact) mass is 440 g/mol. The summed E-state index contributed by atoms with van der Waals surface area (Å²) in [6, 6.07) is 5.21. The van der Waals surface area contributed by atoms with Gasteiger partial charge in [0.1, 0.15) is 30.7 Å². The van der Waals surface area contributed by atoms with Gasteiger partial charge >= 0.3 is 5.97 Å². The first kappa shape index (κ1) is 25.1. The Kier molecular flexibility index (Phi) is 8.41. The molecule has 1 aromatic carbocycles. The van der Waals surface area contributed by atoms with Crippen LogP contribution in [-0.4, -0.2) is 58.7 Å². The molecule has 31 heavy (non-hydrogen) atoms. The minimum Gasteiger partial charge on any atom is -0.462 e. The number of aliphatic hydroxyl groups is 3.